The molecule has 1 aliphatic rings. The molecule has 1 aliphatic heterocycles. The van der Waals surface area contributed by atoms with Gasteiger partial charge in [-0.3, -0.25) is 9.78 Å². The number of amides is 1. The second-order valence-corrected chi connectivity index (χ2v) is 8.58. The fraction of sp³-hybridized carbons (Fsp3) is 0.368. The highest BCUT2D eigenvalue weighted by molar-refractivity contribution is 7.89. The average Bonchev–Trinajstić information content (AvgIpc) is 2.68. The number of nitrogens with zero attached hydrogens (tertiary/aromatic N) is 2. The Kier molecular flexibility index (Phi) is 5.76. The molecular weight excluding hydrogens is 366 g/mol. The molecule has 3 rings (SSSR count). The number of carbonyl (C=O) groups excluding carboxylic acids is 1. The average molecular weight is 389 g/mol. The van der Waals surface area contributed by atoms with Gasteiger partial charge in [0.25, 0.3) is 5.91 Å². The summed E-state index contributed by atoms with van der Waals surface area (Å²) in [5.41, 5.74) is 0.677. The minimum Gasteiger partial charge on any atom is -0.496 e. The number of aromatic nitrogens is 1. The number of rotatable bonds is 5. The topological polar surface area (TPSA) is 88.6 Å². The maximum Gasteiger partial charge on any atom is 0.259 e. The van der Waals surface area contributed by atoms with Crippen molar-refractivity contribution in [2.45, 2.75) is 24.7 Å². The number of hydrogen-bond donors (Lipinski definition) is 1. The molecular formula is C19H23N3O4S. The van der Waals surface area contributed by atoms with E-state index in [1.165, 1.54) is 35.8 Å². The summed E-state index contributed by atoms with van der Waals surface area (Å²) in [6.07, 6.45) is 4.79. The predicted molar refractivity (Wildman–Crippen MR) is 102 cm³/mol. The van der Waals surface area contributed by atoms with Gasteiger partial charge >= 0.3 is 0 Å². The van der Waals surface area contributed by atoms with E-state index in [9.17, 15) is 13.2 Å². The highest BCUT2D eigenvalue weighted by Crippen LogP contribution is 2.28. The van der Waals surface area contributed by atoms with Gasteiger partial charge in [-0.1, -0.05) is 6.92 Å². The first kappa shape index (κ1) is 19.3. The van der Waals surface area contributed by atoms with Gasteiger partial charge in [0.2, 0.25) is 10.0 Å². The molecule has 144 valence electrons. The van der Waals surface area contributed by atoms with Crippen LogP contribution in [0.25, 0.3) is 0 Å². The number of benzene rings is 1. The van der Waals surface area contributed by atoms with Crippen molar-refractivity contribution in [3.8, 4) is 5.75 Å². The third-order valence-electron chi connectivity index (χ3n) is 4.72. The number of pyridine rings is 1. The van der Waals surface area contributed by atoms with Crippen LogP contribution in [0.1, 0.15) is 30.1 Å². The van der Waals surface area contributed by atoms with Crippen LogP contribution < -0.4 is 10.1 Å². The minimum atomic E-state index is -3.65. The normalized spacial score (nSPS) is 16.1. The first-order valence-corrected chi connectivity index (χ1v) is 10.3. The van der Waals surface area contributed by atoms with Crippen molar-refractivity contribution in [1.82, 2.24) is 9.29 Å². The van der Waals surface area contributed by atoms with Crippen LogP contribution in [0, 0.1) is 5.92 Å². The third-order valence-corrected chi connectivity index (χ3v) is 6.61. The van der Waals surface area contributed by atoms with E-state index in [0.717, 1.165) is 12.8 Å². The summed E-state index contributed by atoms with van der Waals surface area (Å²) in [6, 6.07) is 7.76. The van der Waals surface area contributed by atoms with Crippen molar-refractivity contribution in [2.24, 2.45) is 5.92 Å². The van der Waals surface area contributed by atoms with Crippen molar-refractivity contribution in [2.75, 3.05) is 25.5 Å². The molecule has 0 aliphatic carbocycles. The van der Waals surface area contributed by atoms with Crippen LogP contribution in [0.4, 0.5) is 5.69 Å². The highest BCUT2D eigenvalue weighted by Gasteiger charge is 2.29. The number of anilines is 1. The zero-order valence-corrected chi connectivity index (χ0v) is 16.2. The Morgan fingerprint density at radius 3 is 2.63 bits per heavy atom. The molecule has 7 nitrogen and oxygen atoms in total. The molecule has 1 amide bonds. The first-order chi connectivity index (χ1) is 12.9. The quantitative estimate of drug-likeness (QED) is 0.849. The van der Waals surface area contributed by atoms with Crippen molar-refractivity contribution in [1.29, 1.82) is 0 Å². The molecule has 1 fully saturated rings. The zero-order valence-electron chi connectivity index (χ0n) is 15.4. The molecule has 1 aromatic carbocycles. The van der Waals surface area contributed by atoms with E-state index in [1.54, 1.807) is 18.3 Å². The maximum absolute atomic E-state index is 13.0. The van der Waals surface area contributed by atoms with Crippen LogP contribution in [0.5, 0.6) is 5.75 Å². The summed E-state index contributed by atoms with van der Waals surface area (Å²) >= 11 is 0. The molecule has 1 saturated heterocycles. The predicted octanol–water partition coefficient (Wildman–Crippen LogP) is 2.76. The largest absolute Gasteiger partial charge is 0.496 e. The summed E-state index contributed by atoms with van der Waals surface area (Å²) in [4.78, 5) is 16.7. The van der Waals surface area contributed by atoms with Crippen molar-refractivity contribution in [3.63, 3.8) is 0 Å². The molecule has 27 heavy (non-hydrogen) atoms. The standard InChI is InChI=1S/C19H23N3O4S/c1-14-7-10-22(11-8-14)27(24,25)16-5-6-18(26-2)17(12-16)19(23)21-15-4-3-9-20-13-15/h3-6,9,12-14H,7-8,10-11H2,1-2H3,(H,21,23). The Balaban J connectivity index is 1.90. The Hall–Kier alpha value is -2.45. The van der Waals surface area contributed by atoms with Gasteiger partial charge in [0.1, 0.15) is 5.75 Å². The monoisotopic (exact) mass is 389 g/mol. The van der Waals surface area contributed by atoms with Crippen molar-refractivity contribution < 1.29 is 17.9 Å². The van der Waals surface area contributed by atoms with E-state index >= 15 is 0 Å². The Labute approximate surface area is 159 Å². The van der Waals surface area contributed by atoms with E-state index in [1.807, 2.05) is 0 Å². The number of piperidine rings is 1. The van der Waals surface area contributed by atoms with E-state index < -0.39 is 15.9 Å². The lowest BCUT2D eigenvalue weighted by molar-refractivity contribution is 0.102. The number of ether oxygens (including phenoxy) is 1. The summed E-state index contributed by atoms with van der Waals surface area (Å²) in [5, 5.41) is 2.71. The molecule has 1 aromatic heterocycles. The number of hydrogen-bond acceptors (Lipinski definition) is 5. The molecule has 0 atom stereocenters. The van der Waals surface area contributed by atoms with Crippen LogP contribution in [0.2, 0.25) is 0 Å². The van der Waals surface area contributed by atoms with Gasteiger partial charge in [0, 0.05) is 19.3 Å². The summed E-state index contributed by atoms with van der Waals surface area (Å²) < 4.78 is 32.7. The van der Waals surface area contributed by atoms with Crippen molar-refractivity contribution in [3.05, 3.63) is 48.3 Å². The second kappa shape index (κ2) is 8.06. The number of sulfonamides is 1. The molecule has 0 unspecified atom stereocenters. The lowest BCUT2D eigenvalue weighted by atomic mass is 10.0. The number of methoxy groups -OCH3 is 1. The van der Waals surface area contributed by atoms with Crippen LogP contribution in [-0.2, 0) is 10.0 Å². The minimum absolute atomic E-state index is 0.0918. The Morgan fingerprint density at radius 1 is 1.26 bits per heavy atom. The molecule has 8 heteroatoms. The van der Waals surface area contributed by atoms with Gasteiger partial charge in [-0.15, -0.1) is 0 Å². The molecule has 0 saturated carbocycles. The van der Waals surface area contributed by atoms with E-state index in [2.05, 4.69) is 17.2 Å². The Bertz CT molecular complexity index is 908. The second-order valence-electron chi connectivity index (χ2n) is 6.64. The van der Waals surface area contributed by atoms with Crippen LogP contribution in [-0.4, -0.2) is 43.8 Å². The third kappa shape index (κ3) is 4.28. The van der Waals surface area contributed by atoms with Gasteiger partial charge in [0.15, 0.2) is 0 Å². The molecule has 1 N–H and O–H groups in total. The van der Waals surface area contributed by atoms with Crippen LogP contribution in [0.15, 0.2) is 47.6 Å². The van der Waals surface area contributed by atoms with Crippen LogP contribution >= 0.6 is 0 Å². The van der Waals surface area contributed by atoms with E-state index in [4.69, 9.17) is 4.74 Å². The lowest BCUT2D eigenvalue weighted by Gasteiger charge is -2.29. The summed E-state index contributed by atoms with van der Waals surface area (Å²) in [7, 11) is -2.21. The van der Waals surface area contributed by atoms with Gasteiger partial charge in [-0.25, -0.2) is 8.42 Å². The highest BCUT2D eigenvalue weighted by atomic mass is 32.2. The van der Waals surface area contributed by atoms with E-state index in [-0.39, 0.29) is 10.5 Å². The van der Waals surface area contributed by atoms with Gasteiger partial charge < -0.3 is 10.1 Å². The number of carbonyl (C=O) groups is 1. The molecule has 0 radical (unpaired) electrons. The molecule has 0 spiro atoms. The molecule has 2 heterocycles. The zero-order chi connectivity index (χ0) is 19.4. The van der Waals surface area contributed by atoms with E-state index in [0.29, 0.717) is 30.4 Å². The van der Waals surface area contributed by atoms with Gasteiger partial charge in [0.05, 0.1) is 29.5 Å². The fourth-order valence-corrected chi connectivity index (χ4v) is 4.53. The van der Waals surface area contributed by atoms with Gasteiger partial charge in [-0.2, -0.15) is 4.31 Å². The van der Waals surface area contributed by atoms with Gasteiger partial charge in [-0.05, 0) is 49.1 Å². The molecule has 2 aromatic rings. The maximum atomic E-state index is 13.0. The SMILES string of the molecule is COc1ccc(S(=O)(=O)N2CCC(C)CC2)cc1C(=O)Nc1cccnc1. The number of nitrogens with one attached hydrogen (secondary N) is 1. The fourth-order valence-electron chi connectivity index (χ4n) is 3.03. The van der Waals surface area contributed by atoms with Crippen molar-refractivity contribution >= 4 is 21.6 Å². The molecule has 0 bridgehead atoms. The Morgan fingerprint density at radius 2 is 2.00 bits per heavy atom. The van der Waals surface area contributed by atoms with Crippen LogP contribution in [0.3, 0.4) is 0 Å². The summed E-state index contributed by atoms with van der Waals surface area (Å²) in [6.45, 7) is 3.11. The lowest BCUT2D eigenvalue weighted by Crippen LogP contribution is -2.37. The smallest absolute Gasteiger partial charge is 0.259 e. The summed E-state index contributed by atoms with van der Waals surface area (Å²) in [5.74, 6) is 0.375. The first-order valence-electron chi connectivity index (χ1n) is 8.81.